The van der Waals surface area contributed by atoms with E-state index in [0.29, 0.717) is 6.04 Å². The van der Waals surface area contributed by atoms with Gasteiger partial charge in [-0.15, -0.1) is 0 Å². The van der Waals surface area contributed by atoms with Crippen molar-refractivity contribution >= 4 is 0 Å². The summed E-state index contributed by atoms with van der Waals surface area (Å²) in [6, 6.07) is 2.78. The molecule has 0 aromatic heterocycles. The predicted octanol–water partition coefficient (Wildman–Crippen LogP) is 2.13. The zero-order valence-corrected chi connectivity index (χ0v) is 10.7. The van der Waals surface area contributed by atoms with E-state index in [1.807, 2.05) is 13.8 Å². The number of hydrogen-bond donors (Lipinski definition) is 1. The second-order valence-corrected chi connectivity index (χ2v) is 5.63. The first-order chi connectivity index (χ1) is 7.53. The van der Waals surface area contributed by atoms with Crippen LogP contribution in [0.25, 0.3) is 0 Å². The van der Waals surface area contributed by atoms with Crippen molar-refractivity contribution in [3.8, 4) is 6.07 Å². The fourth-order valence-electron chi connectivity index (χ4n) is 2.13. The molecule has 0 saturated carbocycles. The molecule has 3 heteroatoms. The van der Waals surface area contributed by atoms with Gasteiger partial charge in [0, 0.05) is 6.04 Å². The lowest BCUT2D eigenvalue weighted by atomic mass is 9.89. The highest BCUT2D eigenvalue weighted by atomic mass is 15.1. The maximum Gasteiger partial charge on any atom is 0.0683 e. The van der Waals surface area contributed by atoms with Gasteiger partial charge in [0.2, 0.25) is 0 Å². The molecule has 0 spiro atoms. The highest BCUT2D eigenvalue weighted by molar-refractivity contribution is 4.91. The normalized spacial score (nSPS) is 19.6. The number of likely N-dealkylation sites (tertiary alicyclic amines) is 1. The lowest BCUT2D eigenvalue weighted by molar-refractivity contribution is 0.207. The summed E-state index contributed by atoms with van der Waals surface area (Å²) in [5.41, 5.74) is 5.72. The Kier molecular flexibility index (Phi) is 5.24. The molecule has 0 aliphatic carbocycles. The van der Waals surface area contributed by atoms with Gasteiger partial charge >= 0.3 is 0 Å². The Morgan fingerprint density at radius 1 is 1.31 bits per heavy atom. The van der Waals surface area contributed by atoms with E-state index in [9.17, 15) is 0 Å². The molecule has 0 aromatic rings. The number of nitriles is 1. The third-order valence-corrected chi connectivity index (χ3v) is 3.46. The first-order valence-electron chi connectivity index (χ1n) is 6.43. The van der Waals surface area contributed by atoms with Crippen molar-refractivity contribution in [2.75, 3.05) is 19.6 Å². The van der Waals surface area contributed by atoms with Crippen molar-refractivity contribution in [3.05, 3.63) is 0 Å². The van der Waals surface area contributed by atoms with Crippen LogP contribution in [0.3, 0.4) is 0 Å². The topological polar surface area (TPSA) is 53.0 Å². The Hall–Kier alpha value is -0.590. The number of hydrogen-bond acceptors (Lipinski definition) is 3. The molecule has 16 heavy (non-hydrogen) atoms. The van der Waals surface area contributed by atoms with Crippen LogP contribution in [0.4, 0.5) is 0 Å². The number of rotatable bonds is 5. The summed E-state index contributed by atoms with van der Waals surface area (Å²) in [5.74, 6) is 0. The molecule has 0 unspecified atom stereocenters. The van der Waals surface area contributed by atoms with Gasteiger partial charge in [-0.25, -0.2) is 0 Å². The first kappa shape index (κ1) is 13.5. The average Bonchev–Trinajstić information content (AvgIpc) is 2.27. The molecule has 1 aliphatic rings. The van der Waals surface area contributed by atoms with Crippen molar-refractivity contribution < 1.29 is 0 Å². The van der Waals surface area contributed by atoms with Gasteiger partial charge in [-0.3, -0.25) is 0 Å². The fraction of sp³-hybridized carbons (Fsp3) is 0.923. The predicted molar refractivity (Wildman–Crippen MR) is 66.9 cm³/mol. The average molecular weight is 223 g/mol. The summed E-state index contributed by atoms with van der Waals surface area (Å²) in [6.07, 6.45) is 5.66. The van der Waals surface area contributed by atoms with Crippen LogP contribution in [0.15, 0.2) is 0 Å². The van der Waals surface area contributed by atoms with E-state index in [1.54, 1.807) is 0 Å². The van der Waals surface area contributed by atoms with Crippen LogP contribution in [-0.4, -0.2) is 30.6 Å². The Balaban J connectivity index is 2.06. The smallest absolute Gasteiger partial charge is 0.0683 e. The van der Waals surface area contributed by atoms with Gasteiger partial charge < -0.3 is 10.6 Å². The summed E-state index contributed by atoms with van der Waals surface area (Å²) >= 11 is 0. The highest BCUT2D eigenvalue weighted by Crippen LogP contribution is 2.21. The van der Waals surface area contributed by atoms with Gasteiger partial charge in [0.15, 0.2) is 0 Å². The van der Waals surface area contributed by atoms with E-state index in [2.05, 4.69) is 11.0 Å². The molecule has 0 atom stereocenters. The van der Waals surface area contributed by atoms with Crippen LogP contribution < -0.4 is 5.73 Å². The molecule has 0 radical (unpaired) electrons. The highest BCUT2D eigenvalue weighted by Gasteiger charge is 2.17. The van der Waals surface area contributed by atoms with Crippen LogP contribution >= 0.6 is 0 Å². The Morgan fingerprint density at radius 2 is 1.94 bits per heavy atom. The number of nitrogens with two attached hydrogens (primary N) is 1. The second-order valence-electron chi connectivity index (χ2n) is 5.63. The summed E-state index contributed by atoms with van der Waals surface area (Å²) in [5, 5.41) is 8.90. The molecule has 1 fully saturated rings. The van der Waals surface area contributed by atoms with Crippen molar-refractivity contribution in [3.63, 3.8) is 0 Å². The largest absolute Gasteiger partial charge is 0.328 e. The molecular formula is C13H25N3. The standard InChI is InChI=1S/C13H25N3/c1-13(2,11-14)7-3-4-8-16-9-5-12(15)6-10-16/h12H,3-10,15H2,1-2H3. The van der Waals surface area contributed by atoms with Crippen LogP contribution in [0.5, 0.6) is 0 Å². The molecule has 0 bridgehead atoms. The minimum Gasteiger partial charge on any atom is -0.328 e. The lowest BCUT2D eigenvalue weighted by Crippen LogP contribution is -2.40. The van der Waals surface area contributed by atoms with E-state index >= 15 is 0 Å². The molecule has 0 amide bonds. The monoisotopic (exact) mass is 223 g/mol. The summed E-state index contributed by atoms with van der Waals surface area (Å²) < 4.78 is 0. The lowest BCUT2D eigenvalue weighted by Gasteiger charge is -2.30. The Labute approximate surface area is 99.6 Å². The third kappa shape index (κ3) is 4.96. The molecular weight excluding hydrogens is 198 g/mol. The Bertz CT molecular complexity index is 234. The van der Waals surface area contributed by atoms with Crippen LogP contribution in [0.2, 0.25) is 0 Å². The van der Waals surface area contributed by atoms with E-state index in [-0.39, 0.29) is 5.41 Å². The van der Waals surface area contributed by atoms with E-state index in [1.165, 1.54) is 13.0 Å². The molecule has 2 N–H and O–H groups in total. The molecule has 1 rings (SSSR count). The molecule has 92 valence electrons. The van der Waals surface area contributed by atoms with Gasteiger partial charge in [0.1, 0.15) is 0 Å². The van der Waals surface area contributed by atoms with Gasteiger partial charge in [-0.05, 0) is 59.2 Å². The molecule has 1 heterocycles. The van der Waals surface area contributed by atoms with Crippen LogP contribution in [0, 0.1) is 16.7 Å². The first-order valence-corrected chi connectivity index (χ1v) is 6.43. The SMILES string of the molecule is CC(C)(C#N)CCCCN1CCC(N)CC1. The minimum absolute atomic E-state index is 0.149. The van der Waals surface area contributed by atoms with Crippen molar-refractivity contribution in [1.82, 2.24) is 4.90 Å². The Morgan fingerprint density at radius 3 is 2.50 bits per heavy atom. The van der Waals surface area contributed by atoms with E-state index < -0.39 is 0 Å². The second kappa shape index (κ2) is 6.22. The number of piperidine rings is 1. The summed E-state index contributed by atoms with van der Waals surface area (Å²) in [4.78, 5) is 2.50. The summed E-state index contributed by atoms with van der Waals surface area (Å²) in [6.45, 7) is 7.53. The molecule has 1 saturated heterocycles. The minimum atomic E-state index is -0.149. The quantitative estimate of drug-likeness (QED) is 0.726. The van der Waals surface area contributed by atoms with Crippen LogP contribution in [0.1, 0.15) is 46.0 Å². The van der Waals surface area contributed by atoms with Gasteiger partial charge in [0.05, 0.1) is 11.5 Å². The zero-order chi connectivity index (χ0) is 12.0. The maximum atomic E-state index is 8.90. The number of unbranched alkanes of at least 4 members (excludes halogenated alkanes) is 1. The van der Waals surface area contributed by atoms with Crippen molar-refractivity contribution in [2.24, 2.45) is 11.1 Å². The molecule has 3 nitrogen and oxygen atoms in total. The number of nitrogens with zero attached hydrogens (tertiary/aromatic N) is 2. The van der Waals surface area contributed by atoms with E-state index in [0.717, 1.165) is 38.8 Å². The van der Waals surface area contributed by atoms with E-state index in [4.69, 9.17) is 11.0 Å². The third-order valence-electron chi connectivity index (χ3n) is 3.46. The van der Waals surface area contributed by atoms with Gasteiger partial charge in [0.25, 0.3) is 0 Å². The van der Waals surface area contributed by atoms with Gasteiger partial charge in [-0.2, -0.15) is 5.26 Å². The molecule has 1 aliphatic heterocycles. The summed E-state index contributed by atoms with van der Waals surface area (Å²) in [7, 11) is 0. The zero-order valence-electron chi connectivity index (χ0n) is 10.7. The van der Waals surface area contributed by atoms with Gasteiger partial charge in [-0.1, -0.05) is 6.42 Å². The van der Waals surface area contributed by atoms with Crippen molar-refractivity contribution in [1.29, 1.82) is 5.26 Å². The van der Waals surface area contributed by atoms with Crippen LogP contribution in [-0.2, 0) is 0 Å². The molecule has 0 aromatic carbocycles. The van der Waals surface area contributed by atoms with Crippen molar-refractivity contribution in [2.45, 2.75) is 52.0 Å². The maximum absolute atomic E-state index is 8.90. The fourth-order valence-corrected chi connectivity index (χ4v) is 2.13.